The van der Waals surface area contributed by atoms with Gasteiger partial charge < -0.3 is 10.6 Å². The Kier molecular flexibility index (Phi) is 4.66. The summed E-state index contributed by atoms with van der Waals surface area (Å²) in [6, 6.07) is 0. The average molecular weight is 252 g/mol. The number of likely N-dealkylation sites (tertiary alicyclic amines) is 1. The number of rotatable bonds is 2. The Morgan fingerprint density at radius 1 is 1.17 bits per heavy atom. The molecule has 0 unspecified atom stereocenters. The molecule has 1 saturated heterocycles. The number of nitrogens with two attached hydrogens (primary N) is 1. The third-order valence-electron chi connectivity index (χ3n) is 4.97. The summed E-state index contributed by atoms with van der Waals surface area (Å²) in [7, 11) is 0. The van der Waals surface area contributed by atoms with E-state index in [4.69, 9.17) is 5.73 Å². The minimum absolute atomic E-state index is 0.225. The van der Waals surface area contributed by atoms with Crippen LogP contribution in [0.25, 0.3) is 0 Å². The summed E-state index contributed by atoms with van der Waals surface area (Å²) in [5, 5.41) is 0. The van der Waals surface area contributed by atoms with E-state index in [1.807, 2.05) is 0 Å². The second-order valence-corrected chi connectivity index (χ2v) is 6.37. The molecule has 18 heavy (non-hydrogen) atoms. The van der Waals surface area contributed by atoms with E-state index in [1.54, 1.807) is 0 Å². The second kappa shape index (κ2) is 6.05. The first-order chi connectivity index (χ1) is 8.68. The summed E-state index contributed by atoms with van der Waals surface area (Å²) in [5.74, 6) is 1.13. The molecule has 0 bridgehead atoms. The van der Waals surface area contributed by atoms with Crippen molar-refractivity contribution in [3.05, 3.63) is 0 Å². The van der Waals surface area contributed by atoms with Gasteiger partial charge in [0.1, 0.15) is 0 Å². The molecule has 1 aliphatic carbocycles. The summed E-state index contributed by atoms with van der Waals surface area (Å²) in [5.41, 5.74) is 5.76. The molecule has 1 amide bonds. The van der Waals surface area contributed by atoms with Gasteiger partial charge >= 0.3 is 0 Å². The first-order valence-corrected chi connectivity index (χ1v) is 7.67. The molecule has 0 aromatic carbocycles. The first-order valence-electron chi connectivity index (χ1n) is 7.67. The summed E-state index contributed by atoms with van der Waals surface area (Å²) in [6.45, 7) is 4.73. The lowest BCUT2D eigenvalue weighted by molar-refractivity contribution is -0.144. The van der Waals surface area contributed by atoms with E-state index in [2.05, 4.69) is 11.8 Å². The van der Waals surface area contributed by atoms with E-state index in [9.17, 15) is 4.79 Å². The van der Waals surface area contributed by atoms with Crippen LogP contribution in [0.5, 0.6) is 0 Å². The number of carbonyl (C=O) groups excluding carboxylic acids is 1. The van der Waals surface area contributed by atoms with Gasteiger partial charge in [0.2, 0.25) is 5.91 Å². The minimum Gasteiger partial charge on any atom is -0.342 e. The van der Waals surface area contributed by atoms with Crippen molar-refractivity contribution in [2.45, 2.75) is 58.3 Å². The van der Waals surface area contributed by atoms with Crippen molar-refractivity contribution in [3.63, 3.8) is 0 Å². The Bertz CT molecular complexity index is 274. The van der Waals surface area contributed by atoms with Gasteiger partial charge in [0, 0.05) is 19.6 Å². The molecule has 0 atom stereocenters. The molecule has 2 N–H and O–H groups in total. The molecule has 0 aromatic heterocycles. The van der Waals surface area contributed by atoms with Crippen LogP contribution in [0.1, 0.15) is 58.3 Å². The van der Waals surface area contributed by atoms with Crippen LogP contribution >= 0.6 is 0 Å². The van der Waals surface area contributed by atoms with Crippen LogP contribution in [-0.2, 0) is 4.79 Å². The zero-order valence-electron chi connectivity index (χ0n) is 11.8. The van der Waals surface area contributed by atoms with Crippen molar-refractivity contribution in [1.29, 1.82) is 0 Å². The number of carbonyl (C=O) groups is 1. The van der Waals surface area contributed by atoms with Crippen LogP contribution < -0.4 is 5.73 Å². The molecule has 1 heterocycles. The SMILES string of the molecule is CC1CCC(CN)(C(=O)N2CCCCCC2)CC1. The number of nitrogens with zero attached hydrogens (tertiary/aromatic N) is 1. The Morgan fingerprint density at radius 3 is 2.22 bits per heavy atom. The van der Waals surface area contributed by atoms with E-state index < -0.39 is 0 Å². The third kappa shape index (κ3) is 2.87. The molecule has 104 valence electrons. The lowest BCUT2D eigenvalue weighted by atomic mass is 9.70. The largest absolute Gasteiger partial charge is 0.342 e. The van der Waals surface area contributed by atoms with Crippen molar-refractivity contribution < 1.29 is 4.79 Å². The molecule has 3 heteroatoms. The van der Waals surface area contributed by atoms with Gasteiger partial charge in [-0.25, -0.2) is 0 Å². The van der Waals surface area contributed by atoms with Crippen LogP contribution in [0.15, 0.2) is 0 Å². The van der Waals surface area contributed by atoms with Gasteiger partial charge in [0.25, 0.3) is 0 Å². The number of hydrogen-bond donors (Lipinski definition) is 1. The van der Waals surface area contributed by atoms with Gasteiger partial charge in [0.05, 0.1) is 5.41 Å². The number of hydrogen-bond acceptors (Lipinski definition) is 2. The molecule has 0 spiro atoms. The predicted molar refractivity (Wildman–Crippen MR) is 74.2 cm³/mol. The summed E-state index contributed by atoms with van der Waals surface area (Å²) in [6.07, 6.45) is 9.21. The van der Waals surface area contributed by atoms with Crippen LogP contribution in [-0.4, -0.2) is 30.4 Å². The maximum Gasteiger partial charge on any atom is 0.230 e. The zero-order valence-corrected chi connectivity index (χ0v) is 11.8. The highest BCUT2D eigenvalue weighted by Gasteiger charge is 2.42. The summed E-state index contributed by atoms with van der Waals surface area (Å²) in [4.78, 5) is 14.9. The standard InChI is InChI=1S/C15H28N2O/c1-13-6-8-15(12-16,9-7-13)14(18)17-10-4-2-3-5-11-17/h13H,2-12,16H2,1H3. The van der Waals surface area contributed by atoms with E-state index in [1.165, 1.54) is 25.7 Å². The van der Waals surface area contributed by atoms with Crippen LogP contribution in [0, 0.1) is 11.3 Å². The van der Waals surface area contributed by atoms with Gasteiger partial charge in [-0.15, -0.1) is 0 Å². The zero-order chi connectivity index (χ0) is 13.0. The molecule has 3 nitrogen and oxygen atoms in total. The fraction of sp³-hybridized carbons (Fsp3) is 0.933. The van der Waals surface area contributed by atoms with E-state index in [0.29, 0.717) is 12.5 Å². The molecule has 1 saturated carbocycles. The highest BCUT2D eigenvalue weighted by molar-refractivity contribution is 5.83. The highest BCUT2D eigenvalue weighted by Crippen LogP contribution is 2.39. The quantitative estimate of drug-likeness (QED) is 0.821. The maximum absolute atomic E-state index is 12.8. The van der Waals surface area contributed by atoms with Crippen molar-refractivity contribution in [1.82, 2.24) is 4.90 Å². The molecular weight excluding hydrogens is 224 g/mol. The van der Waals surface area contributed by atoms with Crippen LogP contribution in [0.3, 0.4) is 0 Å². The van der Waals surface area contributed by atoms with Crippen LogP contribution in [0.2, 0.25) is 0 Å². The fourth-order valence-corrected chi connectivity index (χ4v) is 3.43. The molecule has 2 fully saturated rings. The third-order valence-corrected chi connectivity index (χ3v) is 4.97. The normalized spacial score (nSPS) is 34.1. The monoisotopic (exact) mass is 252 g/mol. The summed E-state index contributed by atoms with van der Waals surface area (Å²) >= 11 is 0. The molecule has 2 aliphatic rings. The maximum atomic E-state index is 12.8. The Hall–Kier alpha value is -0.570. The predicted octanol–water partition coefficient (Wildman–Crippen LogP) is 2.54. The van der Waals surface area contributed by atoms with Gasteiger partial charge in [-0.3, -0.25) is 4.79 Å². The smallest absolute Gasteiger partial charge is 0.230 e. The van der Waals surface area contributed by atoms with Gasteiger partial charge in [0.15, 0.2) is 0 Å². The second-order valence-electron chi connectivity index (χ2n) is 6.37. The molecular formula is C15H28N2O. The molecule has 1 aliphatic heterocycles. The first kappa shape index (κ1) is 13.9. The van der Waals surface area contributed by atoms with Crippen molar-refractivity contribution >= 4 is 5.91 Å². The van der Waals surface area contributed by atoms with E-state index >= 15 is 0 Å². The van der Waals surface area contributed by atoms with Gasteiger partial charge in [-0.2, -0.15) is 0 Å². The Balaban J connectivity index is 2.04. The molecule has 0 aromatic rings. The Labute approximate surface area is 111 Å². The van der Waals surface area contributed by atoms with Crippen LogP contribution in [0.4, 0.5) is 0 Å². The lowest BCUT2D eigenvalue weighted by Gasteiger charge is -2.40. The Morgan fingerprint density at radius 2 is 1.72 bits per heavy atom. The number of amides is 1. The topological polar surface area (TPSA) is 46.3 Å². The summed E-state index contributed by atoms with van der Waals surface area (Å²) < 4.78 is 0. The highest BCUT2D eigenvalue weighted by atomic mass is 16.2. The van der Waals surface area contributed by atoms with Crippen molar-refractivity contribution in [2.24, 2.45) is 17.1 Å². The average Bonchev–Trinajstić information content (AvgIpc) is 2.68. The lowest BCUT2D eigenvalue weighted by Crippen LogP contribution is -2.50. The fourth-order valence-electron chi connectivity index (χ4n) is 3.43. The molecule has 0 radical (unpaired) electrons. The minimum atomic E-state index is -0.225. The molecule has 2 rings (SSSR count). The van der Waals surface area contributed by atoms with E-state index in [0.717, 1.165) is 44.7 Å². The van der Waals surface area contributed by atoms with Gasteiger partial charge in [-0.1, -0.05) is 19.8 Å². The van der Waals surface area contributed by atoms with Crippen molar-refractivity contribution in [3.8, 4) is 0 Å². The van der Waals surface area contributed by atoms with E-state index in [-0.39, 0.29) is 5.41 Å². The van der Waals surface area contributed by atoms with Crippen molar-refractivity contribution in [2.75, 3.05) is 19.6 Å². The van der Waals surface area contributed by atoms with Gasteiger partial charge in [-0.05, 0) is 44.4 Å².